The number of nitrogens with zero attached hydrogens (tertiary/aromatic N) is 3. The average Bonchev–Trinajstić information content (AvgIpc) is 2.70. The highest BCUT2D eigenvalue weighted by Gasteiger charge is 2.23. The Kier molecular flexibility index (Phi) is 5.85. The van der Waals surface area contributed by atoms with Gasteiger partial charge in [0.05, 0.1) is 5.56 Å². The lowest BCUT2D eigenvalue weighted by molar-refractivity contribution is 0.410. The third kappa shape index (κ3) is 4.32. The maximum absolute atomic E-state index is 6.15. The molecular weight excluding hydrogens is 390 g/mol. The van der Waals surface area contributed by atoms with Crippen molar-refractivity contribution >= 4 is 23.4 Å². The van der Waals surface area contributed by atoms with E-state index in [2.05, 4.69) is 25.1 Å². The van der Waals surface area contributed by atoms with E-state index >= 15 is 0 Å². The molecule has 1 aliphatic rings. The summed E-state index contributed by atoms with van der Waals surface area (Å²) < 4.78 is 6.15. The van der Waals surface area contributed by atoms with Crippen molar-refractivity contribution in [1.29, 1.82) is 0 Å². The summed E-state index contributed by atoms with van der Waals surface area (Å²) in [4.78, 5) is 11.8. The van der Waals surface area contributed by atoms with Crippen LogP contribution in [0, 0.1) is 0 Å². The molecule has 28 heavy (non-hydrogen) atoms. The van der Waals surface area contributed by atoms with E-state index in [-0.39, 0.29) is 0 Å². The Morgan fingerprint density at radius 1 is 1.07 bits per heavy atom. The van der Waals surface area contributed by atoms with Crippen LogP contribution in [0.2, 0.25) is 5.02 Å². The molecule has 0 atom stereocenters. The number of halogens is 1. The number of hydrogen-bond acceptors (Lipinski definition) is 5. The van der Waals surface area contributed by atoms with Gasteiger partial charge in [-0.25, -0.2) is 4.98 Å². The summed E-state index contributed by atoms with van der Waals surface area (Å²) >= 11 is 7.82. The number of hydrogen-bond donors (Lipinski definition) is 0. The van der Waals surface area contributed by atoms with Crippen LogP contribution in [0.5, 0.6) is 11.6 Å². The van der Waals surface area contributed by atoms with Gasteiger partial charge in [0.15, 0.2) is 5.82 Å². The van der Waals surface area contributed by atoms with Crippen molar-refractivity contribution in [2.75, 3.05) is 26.4 Å². The zero-order valence-electron chi connectivity index (χ0n) is 16.0. The fourth-order valence-corrected chi connectivity index (χ4v) is 4.20. The molecule has 0 saturated heterocycles. The maximum atomic E-state index is 6.15. The number of para-hydroxylation sites is 1. The van der Waals surface area contributed by atoms with Gasteiger partial charge in [-0.2, -0.15) is 4.98 Å². The van der Waals surface area contributed by atoms with Crippen molar-refractivity contribution in [3.8, 4) is 23.0 Å². The van der Waals surface area contributed by atoms with E-state index in [9.17, 15) is 0 Å². The first-order chi connectivity index (χ1) is 13.6. The van der Waals surface area contributed by atoms with Crippen molar-refractivity contribution in [2.45, 2.75) is 17.9 Å². The van der Waals surface area contributed by atoms with Crippen LogP contribution in [0.3, 0.4) is 0 Å². The Labute approximate surface area is 174 Å². The third-order valence-corrected chi connectivity index (χ3v) is 5.92. The minimum absolute atomic E-state index is 0.661. The molecule has 0 bridgehead atoms. The first-order valence-corrected chi connectivity index (χ1v) is 10.7. The Hall–Kier alpha value is -2.08. The summed E-state index contributed by atoms with van der Waals surface area (Å²) in [5, 5.41) is 1.70. The molecule has 0 N–H and O–H groups in total. The second-order valence-corrected chi connectivity index (χ2v) is 8.55. The third-order valence-electron chi connectivity index (χ3n) is 4.57. The molecule has 2 aromatic carbocycles. The van der Waals surface area contributed by atoms with Gasteiger partial charge in [-0.05, 0) is 63.0 Å². The molecule has 0 aliphatic carbocycles. The topological polar surface area (TPSA) is 38.2 Å². The molecule has 2 heterocycles. The second kappa shape index (κ2) is 8.52. The highest BCUT2D eigenvalue weighted by atomic mass is 35.5. The highest BCUT2D eigenvalue weighted by molar-refractivity contribution is 7.99. The van der Waals surface area contributed by atoms with Gasteiger partial charge < -0.3 is 9.64 Å². The Bertz CT molecular complexity index is 976. The van der Waals surface area contributed by atoms with E-state index < -0.39 is 0 Å². The molecule has 144 valence electrons. The summed E-state index contributed by atoms with van der Waals surface area (Å²) in [7, 11) is 4.20. The summed E-state index contributed by atoms with van der Waals surface area (Å²) in [6.07, 6.45) is 1.90. The molecular formula is C22H22ClN3OS. The van der Waals surface area contributed by atoms with E-state index in [0.29, 0.717) is 16.7 Å². The van der Waals surface area contributed by atoms with Crippen molar-refractivity contribution < 1.29 is 4.74 Å². The van der Waals surface area contributed by atoms with Crippen LogP contribution < -0.4 is 4.74 Å². The fraction of sp³-hybridized carbons (Fsp3) is 0.273. The van der Waals surface area contributed by atoms with E-state index in [1.165, 1.54) is 5.56 Å². The molecule has 4 rings (SSSR count). The van der Waals surface area contributed by atoms with Crippen molar-refractivity contribution in [2.24, 2.45) is 0 Å². The van der Waals surface area contributed by atoms with Gasteiger partial charge in [-0.1, -0.05) is 29.8 Å². The van der Waals surface area contributed by atoms with Gasteiger partial charge in [-0.15, -0.1) is 11.8 Å². The lowest BCUT2D eigenvalue weighted by Gasteiger charge is -2.21. The van der Waals surface area contributed by atoms with Crippen LogP contribution >= 0.6 is 23.4 Å². The summed E-state index contributed by atoms with van der Waals surface area (Å²) in [6, 6.07) is 15.7. The van der Waals surface area contributed by atoms with Crippen molar-refractivity contribution in [3.63, 3.8) is 0 Å². The summed E-state index contributed by atoms with van der Waals surface area (Å²) in [5.41, 5.74) is 3.18. The van der Waals surface area contributed by atoms with Gasteiger partial charge in [0.25, 0.3) is 0 Å². The maximum Gasteiger partial charge on any atom is 0.227 e. The number of rotatable bonds is 6. The lowest BCUT2D eigenvalue weighted by atomic mass is 10.0. The van der Waals surface area contributed by atoms with Crippen molar-refractivity contribution in [3.05, 3.63) is 64.7 Å². The number of benzene rings is 2. The summed E-state index contributed by atoms with van der Waals surface area (Å²) in [6.45, 7) is 1.06. The normalized spacial score (nSPS) is 12.4. The van der Waals surface area contributed by atoms with Crippen LogP contribution in [0.25, 0.3) is 11.4 Å². The van der Waals surface area contributed by atoms with Gasteiger partial charge in [0.2, 0.25) is 5.88 Å². The molecule has 0 saturated carbocycles. The Morgan fingerprint density at radius 2 is 1.86 bits per heavy atom. The number of ether oxygens (including phenoxy) is 1. The molecule has 0 spiro atoms. The van der Waals surface area contributed by atoms with Gasteiger partial charge in [0.1, 0.15) is 10.8 Å². The quantitative estimate of drug-likeness (QED) is 0.236. The number of fused-ring (bicyclic) bond motifs is 2. The monoisotopic (exact) mass is 411 g/mol. The molecule has 0 fully saturated rings. The zero-order valence-corrected chi connectivity index (χ0v) is 17.6. The first-order valence-electron chi connectivity index (χ1n) is 9.30. The fourth-order valence-electron chi connectivity index (χ4n) is 3.12. The molecule has 1 aromatic heterocycles. The smallest absolute Gasteiger partial charge is 0.227 e. The number of thioether (sulfide) groups is 1. The first kappa shape index (κ1) is 19.2. The molecule has 0 unspecified atom stereocenters. The highest BCUT2D eigenvalue weighted by Crippen LogP contribution is 2.40. The molecule has 1 aliphatic heterocycles. The summed E-state index contributed by atoms with van der Waals surface area (Å²) in [5.74, 6) is 3.21. The van der Waals surface area contributed by atoms with Crippen molar-refractivity contribution in [1.82, 2.24) is 14.9 Å². The van der Waals surface area contributed by atoms with Gasteiger partial charge in [-0.3, -0.25) is 0 Å². The molecule has 0 radical (unpaired) electrons. The van der Waals surface area contributed by atoms with Crippen LogP contribution in [0.4, 0.5) is 0 Å². The van der Waals surface area contributed by atoms with Crippen LogP contribution in [-0.2, 0) is 6.42 Å². The Balaban J connectivity index is 1.68. The molecule has 0 amide bonds. The zero-order chi connectivity index (χ0) is 19.5. The minimum atomic E-state index is 0.661. The SMILES string of the molecule is CN(C)CCCSc1nc(-c2ccc(Cl)cc2)nc2c1Cc1ccccc1O2. The Morgan fingerprint density at radius 3 is 2.64 bits per heavy atom. The van der Waals surface area contributed by atoms with E-state index in [1.54, 1.807) is 11.8 Å². The second-order valence-electron chi connectivity index (χ2n) is 7.03. The standard InChI is InChI=1S/C22H22ClN3OS/c1-26(2)12-5-13-28-22-18-14-16-6-3-4-7-19(16)27-21(18)24-20(25-22)15-8-10-17(23)11-9-15/h3-4,6-11H,5,12-14H2,1-2H3. The van der Waals surface area contributed by atoms with Crippen LogP contribution in [-0.4, -0.2) is 41.3 Å². The molecule has 6 heteroatoms. The van der Waals surface area contributed by atoms with E-state index in [4.69, 9.17) is 26.3 Å². The van der Waals surface area contributed by atoms with Crippen LogP contribution in [0.1, 0.15) is 17.5 Å². The predicted octanol–water partition coefficient (Wildman–Crippen LogP) is 5.54. The molecule has 4 nitrogen and oxygen atoms in total. The molecule has 3 aromatic rings. The van der Waals surface area contributed by atoms with Gasteiger partial charge in [0, 0.05) is 22.8 Å². The minimum Gasteiger partial charge on any atom is -0.438 e. The predicted molar refractivity (Wildman–Crippen MR) is 116 cm³/mol. The largest absolute Gasteiger partial charge is 0.438 e. The van der Waals surface area contributed by atoms with Crippen LogP contribution in [0.15, 0.2) is 53.6 Å². The van der Waals surface area contributed by atoms with Gasteiger partial charge >= 0.3 is 0 Å². The van der Waals surface area contributed by atoms with E-state index in [1.807, 2.05) is 42.5 Å². The number of aromatic nitrogens is 2. The van der Waals surface area contributed by atoms with E-state index in [0.717, 1.165) is 47.0 Å². The lowest BCUT2D eigenvalue weighted by Crippen LogP contribution is -2.13. The average molecular weight is 412 g/mol.